The normalized spacial score (nSPS) is 14.4. The molecule has 5 heteroatoms. The largest absolute Gasteiger partial charge is 0.497 e. The van der Waals surface area contributed by atoms with Crippen molar-refractivity contribution in [2.75, 3.05) is 21.2 Å². The molecule has 2 rings (SSSR count). The number of fused-ring (bicyclic) bond motifs is 1. The second kappa shape index (κ2) is 5.17. The fraction of sp³-hybridized carbons (Fsp3) is 0.400. The number of carboxylic acid groups (broad SMARTS) is 1. The van der Waals surface area contributed by atoms with Crippen molar-refractivity contribution in [1.82, 2.24) is 9.88 Å². The summed E-state index contributed by atoms with van der Waals surface area (Å²) in [6.45, 7) is 1.73. The third-order valence-electron chi connectivity index (χ3n) is 3.96. The van der Waals surface area contributed by atoms with Crippen LogP contribution in [0.4, 0.5) is 0 Å². The molecule has 0 saturated carbocycles. The number of hydrogen-bond donors (Lipinski definition) is 2. The lowest BCUT2D eigenvalue weighted by Gasteiger charge is -2.32. The number of H-pyrrole nitrogens is 1. The number of carbonyl (C=O) groups is 1. The highest BCUT2D eigenvalue weighted by Gasteiger charge is 2.36. The Bertz CT molecular complexity index is 633. The number of rotatable bonds is 5. The fourth-order valence-electron chi connectivity index (χ4n) is 2.23. The zero-order chi connectivity index (χ0) is 14.9. The first kappa shape index (κ1) is 14.4. The minimum Gasteiger partial charge on any atom is -0.497 e. The van der Waals surface area contributed by atoms with E-state index in [4.69, 9.17) is 4.74 Å². The lowest BCUT2D eigenvalue weighted by molar-refractivity contribution is -0.148. The average molecular weight is 276 g/mol. The van der Waals surface area contributed by atoms with Gasteiger partial charge in [-0.3, -0.25) is 9.69 Å². The molecule has 0 aliphatic heterocycles. The summed E-state index contributed by atoms with van der Waals surface area (Å²) in [5.74, 6) is -0.0695. The van der Waals surface area contributed by atoms with Crippen LogP contribution >= 0.6 is 0 Å². The Labute approximate surface area is 118 Å². The van der Waals surface area contributed by atoms with E-state index in [-0.39, 0.29) is 0 Å². The Balaban J connectivity index is 2.45. The standard InChI is InChI=1S/C15H20N2O3/c1-15(14(18)19,17(2)3)8-10-9-16-13-6-5-11(20-4)7-12(10)13/h5-7,9,16H,8H2,1-4H3,(H,18,19). The Morgan fingerprint density at radius 2 is 2.15 bits per heavy atom. The molecule has 20 heavy (non-hydrogen) atoms. The maximum Gasteiger partial charge on any atom is 0.324 e. The third kappa shape index (κ3) is 2.36. The number of likely N-dealkylation sites (N-methyl/N-ethyl adjacent to an activating group) is 1. The molecule has 0 aliphatic rings. The Morgan fingerprint density at radius 1 is 1.45 bits per heavy atom. The topological polar surface area (TPSA) is 65.6 Å². The van der Waals surface area contributed by atoms with Crippen molar-refractivity contribution in [2.45, 2.75) is 18.9 Å². The van der Waals surface area contributed by atoms with Crippen LogP contribution in [0.1, 0.15) is 12.5 Å². The number of aliphatic carboxylic acids is 1. The number of carboxylic acids is 1. The molecule has 0 saturated heterocycles. The van der Waals surface area contributed by atoms with E-state index in [0.29, 0.717) is 6.42 Å². The molecule has 0 fully saturated rings. The number of benzene rings is 1. The van der Waals surface area contributed by atoms with E-state index in [9.17, 15) is 9.90 Å². The summed E-state index contributed by atoms with van der Waals surface area (Å²) in [5.41, 5.74) is 1.00. The van der Waals surface area contributed by atoms with E-state index in [2.05, 4.69) is 4.98 Å². The fourth-order valence-corrected chi connectivity index (χ4v) is 2.23. The Kier molecular flexibility index (Phi) is 3.72. The van der Waals surface area contributed by atoms with Gasteiger partial charge in [0.1, 0.15) is 11.3 Å². The maximum absolute atomic E-state index is 11.6. The van der Waals surface area contributed by atoms with Crippen LogP contribution in [-0.4, -0.2) is 47.7 Å². The molecule has 0 bridgehead atoms. The van der Waals surface area contributed by atoms with Crippen molar-refractivity contribution < 1.29 is 14.6 Å². The van der Waals surface area contributed by atoms with E-state index in [1.54, 1.807) is 33.0 Å². The Hall–Kier alpha value is -2.01. The van der Waals surface area contributed by atoms with Gasteiger partial charge in [-0.05, 0) is 44.8 Å². The number of ether oxygens (including phenoxy) is 1. The smallest absolute Gasteiger partial charge is 0.324 e. The minimum absolute atomic E-state index is 0.419. The first-order valence-corrected chi connectivity index (χ1v) is 6.43. The third-order valence-corrected chi connectivity index (χ3v) is 3.96. The van der Waals surface area contributed by atoms with Crippen molar-refractivity contribution in [3.05, 3.63) is 30.0 Å². The maximum atomic E-state index is 11.6. The molecule has 0 radical (unpaired) electrons. The van der Waals surface area contributed by atoms with E-state index in [1.165, 1.54) is 0 Å². The van der Waals surface area contributed by atoms with Crippen molar-refractivity contribution in [2.24, 2.45) is 0 Å². The predicted molar refractivity (Wildman–Crippen MR) is 78.3 cm³/mol. The van der Waals surface area contributed by atoms with Gasteiger partial charge in [-0.2, -0.15) is 0 Å². The van der Waals surface area contributed by atoms with Crippen molar-refractivity contribution in [3.63, 3.8) is 0 Å². The highest BCUT2D eigenvalue weighted by molar-refractivity contribution is 5.86. The number of hydrogen-bond acceptors (Lipinski definition) is 3. The van der Waals surface area contributed by atoms with Gasteiger partial charge < -0.3 is 14.8 Å². The van der Waals surface area contributed by atoms with Gasteiger partial charge >= 0.3 is 5.97 Å². The van der Waals surface area contributed by atoms with E-state index < -0.39 is 11.5 Å². The summed E-state index contributed by atoms with van der Waals surface area (Å²) in [4.78, 5) is 16.5. The lowest BCUT2D eigenvalue weighted by Crippen LogP contribution is -2.50. The van der Waals surface area contributed by atoms with Gasteiger partial charge in [0.05, 0.1) is 7.11 Å². The molecule has 0 spiro atoms. The zero-order valence-corrected chi connectivity index (χ0v) is 12.2. The molecule has 1 heterocycles. The van der Waals surface area contributed by atoms with Crippen molar-refractivity contribution >= 4 is 16.9 Å². The van der Waals surface area contributed by atoms with Crippen molar-refractivity contribution in [1.29, 1.82) is 0 Å². The monoisotopic (exact) mass is 276 g/mol. The van der Waals surface area contributed by atoms with Crippen LogP contribution in [0.5, 0.6) is 5.75 Å². The highest BCUT2D eigenvalue weighted by atomic mass is 16.5. The lowest BCUT2D eigenvalue weighted by atomic mass is 9.91. The molecule has 1 aromatic heterocycles. The molecular weight excluding hydrogens is 256 g/mol. The van der Waals surface area contributed by atoms with Crippen LogP contribution in [0.15, 0.2) is 24.4 Å². The van der Waals surface area contributed by atoms with Crippen LogP contribution in [0.3, 0.4) is 0 Å². The number of aromatic amines is 1. The van der Waals surface area contributed by atoms with Gasteiger partial charge in [0.2, 0.25) is 0 Å². The second-order valence-corrected chi connectivity index (χ2v) is 5.38. The van der Waals surface area contributed by atoms with Crippen LogP contribution in [0.25, 0.3) is 10.9 Å². The summed E-state index contributed by atoms with van der Waals surface area (Å²) < 4.78 is 5.23. The summed E-state index contributed by atoms with van der Waals surface area (Å²) in [6, 6.07) is 5.75. The summed E-state index contributed by atoms with van der Waals surface area (Å²) in [7, 11) is 5.18. The first-order valence-electron chi connectivity index (χ1n) is 6.43. The molecule has 0 amide bonds. The SMILES string of the molecule is COc1ccc2[nH]cc(CC(C)(C(=O)O)N(C)C)c2c1. The molecule has 5 nitrogen and oxygen atoms in total. The number of aromatic nitrogens is 1. The summed E-state index contributed by atoms with van der Waals surface area (Å²) in [5, 5.41) is 10.5. The molecule has 2 aromatic rings. The van der Waals surface area contributed by atoms with Gasteiger partial charge in [-0.1, -0.05) is 0 Å². The number of methoxy groups -OCH3 is 1. The van der Waals surface area contributed by atoms with E-state index in [0.717, 1.165) is 22.2 Å². The van der Waals surface area contributed by atoms with Crippen LogP contribution in [-0.2, 0) is 11.2 Å². The average Bonchev–Trinajstić information content (AvgIpc) is 2.80. The zero-order valence-electron chi connectivity index (χ0n) is 12.2. The van der Waals surface area contributed by atoms with Gasteiger partial charge in [-0.15, -0.1) is 0 Å². The number of nitrogens with zero attached hydrogens (tertiary/aromatic N) is 1. The summed E-state index contributed by atoms with van der Waals surface area (Å²) >= 11 is 0. The predicted octanol–water partition coefficient (Wildman–Crippen LogP) is 2.12. The van der Waals surface area contributed by atoms with Crippen LogP contribution in [0, 0.1) is 0 Å². The summed E-state index contributed by atoms with van der Waals surface area (Å²) in [6.07, 6.45) is 2.29. The van der Waals surface area contributed by atoms with Gasteiger partial charge in [0, 0.05) is 23.5 Å². The Morgan fingerprint density at radius 3 is 2.70 bits per heavy atom. The molecule has 0 aliphatic carbocycles. The minimum atomic E-state index is -0.946. The van der Waals surface area contributed by atoms with Gasteiger partial charge in [0.15, 0.2) is 0 Å². The van der Waals surface area contributed by atoms with Gasteiger partial charge in [-0.25, -0.2) is 0 Å². The molecule has 108 valence electrons. The van der Waals surface area contributed by atoms with Crippen LogP contribution < -0.4 is 4.74 Å². The molecule has 1 aromatic carbocycles. The first-order chi connectivity index (χ1) is 9.38. The molecular formula is C15H20N2O3. The van der Waals surface area contributed by atoms with E-state index in [1.807, 2.05) is 24.4 Å². The van der Waals surface area contributed by atoms with Gasteiger partial charge in [0.25, 0.3) is 0 Å². The van der Waals surface area contributed by atoms with Crippen LogP contribution in [0.2, 0.25) is 0 Å². The quantitative estimate of drug-likeness (QED) is 0.878. The molecule has 1 atom stereocenters. The van der Waals surface area contributed by atoms with Crippen molar-refractivity contribution in [3.8, 4) is 5.75 Å². The molecule has 1 unspecified atom stereocenters. The second-order valence-electron chi connectivity index (χ2n) is 5.38. The highest BCUT2D eigenvalue weighted by Crippen LogP contribution is 2.28. The number of nitrogens with one attached hydrogen (secondary N) is 1. The van der Waals surface area contributed by atoms with E-state index >= 15 is 0 Å². The molecule has 2 N–H and O–H groups in total.